The average Bonchev–Trinajstić information content (AvgIpc) is 2.29. The summed E-state index contributed by atoms with van der Waals surface area (Å²) in [6.45, 7) is 4.13. The van der Waals surface area contributed by atoms with Gasteiger partial charge in [-0.25, -0.2) is 8.42 Å². The van der Waals surface area contributed by atoms with Crippen LogP contribution < -0.4 is 4.74 Å². The number of aliphatic hydroxyl groups is 1. The minimum atomic E-state index is -3.29. The summed E-state index contributed by atoms with van der Waals surface area (Å²) in [5.41, 5.74) is 0.803. The Bertz CT molecular complexity index is 465. The largest absolute Gasteiger partial charge is 0.494 e. The SMILES string of the molecule is CCOc1ccc(S(=O)(=O)CCCO)cc1C. The first kappa shape index (κ1) is 14.0. The highest BCUT2D eigenvalue weighted by atomic mass is 32.2. The summed E-state index contributed by atoms with van der Waals surface area (Å²) >= 11 is 0. The molecule has 0 saturated carbocycles. The number of hydrogen-bond acceptors (Lipinski definition) is 4. The molecule has 0 amide bonds. The molecule has 0 atom stereocenters. The van der Waals surface area contributed by atoms with Crippen LogP contribution in [0.1, 0.15) is 18.9 Å². The molecule has 0 unspecified atom stereocenters. The highest BCUT2D eigenvalue weighted by Crippen LogP contribution is 2.22. The monoisotopic (exact) mass is 258 g/mol. The molecule has 0 heterocycles. The zero-order chi connectivity index (χ0) is 12.9. The molecule has 0 fully saturated rings. The summed E-state index contributed by atoms with van der Waals surface area (Å²) < 4.78 is 29.1. The number of sulfone groups is 1. The summed E-state index contributed by atoms with van der Waals surface area (Å²) in [7, 11) is -3.29. The molecule has 1 N–H and O–H groups in total. The lowest BCUT2D eigenvalue weighted by Gasteiger charge is -2.09. The van der Waals surface area contributed by atoms with Gasteiger partial charge in [-0.15, -0.1) is 0 Å². The number of aryl methyl sites for hydroxylation is 1. The van der Waals surface area contributed by atoms with Crippen molar-refractivity contribution in [1.82, 2.24) is 0 Å². The van der Waals surface area contributed by atoms with Gasteiger partial charge in [-0.3, -0.25) is 0 Å². The van der Waals surface area contributed by atoms with Gasteiger partial charge >= 0.3 is 0 Å². The van der Waals surface area contributed by atoms with Crippen LogP contribution in [0, 0.1) is 6.92 Å². The summed E-state index contributed by atoms with van der Waals surface area (Å²) in [6, 6.07) is 4.83. The third-order valence-corrected chi connectivity index (χ3v) is 4.17. The maximum Gasteiger partial charge on any atom is 0.178 e. The van der Waals surface area contributed by atoms with Gasteiger partial charge in [0, 0.05) is 6.61 Å². The molecule has 1 aromatic carbocycles. The van der Waals surface area contributed by atoms with Gasteiger partial charge in [0.05, 0.1) is 17.3 Å². The molecule has 0 saturated heterocycles. The molecule has 5 heteroatoms. The second-order valence-corrected chi connectivity index (χ2v) is 5.87. The molecule has 1 rings (SSSR count). The summed E-state index contributed by atoms with van der Waals surface area (Å²) in [4.78, 5) is 0.284. The second kappa shape index (κ2) is 6.02. The Balaban J connectivity index is 2.96. The molecule has 0 bridgehead atoms. The standard InChI is InChI=1S/C12H18O4S/c1-3-16-12-6-5-11(9-10(12)2)17(14,15)8-4-7-13/h5-6,9,13H,3-4,7-8H2,1-2H3. The first-order valence-electron chi connectivity index (χ1n) is 5.58. The molecule has 0 spiro atoms. The van der Waals surface area contributed by atoms with Crippen LogP contribution >= 0.6 is 0 Å². The van der Waals surface area contributed by atoms with Crippen molar-refractivity contribution in [1.29, 1.82) is 0 Å². The van der Waals surface area contributed by atoms with Gasteiger partial charge in [0.2, 0.25) is 0 Å². The van der Waals surface area contributed by atoms with Crippen LogP contribution in [-0.2, 0) is 9.84 Å². The Labute approximate surface area is 102 Å². The summed E-state index contributed by atoms with van der Waals surface area (Å²) in [5.74, 6) is 0.672. The fraction of sp³-hybridized carbons (Fsp3) is 0.500. The molecule has 17 heavy (non-hydrogen) atoms. The van der Waals surface area contributed by atoms with Crippen LogP contribution in [0.5, 0.6) is 5.75 Å². The van der Waals surface area contributed by atoms with E-state index in [1.54, 1.807) is 18.2 Å². The van der Waals surface area contributed by atoms with Crippen LogP contribution in [0.3, 0.4) is 0 Å². The Morgan fingerprint density at radius 1 is 1.35 bits per heavy atom. The molecule has 4 nitrogen and oxygen atoms in total. The van der Waals surface area contributed by atoms with Crippen molar-refractivity contribution in [2.75, 3.05) is 19.0 Å². The zero-order valence-electron chi connectivity index (χ0n) is 10.1. The van der Waals surface area contributed by atoms with E-state index >= 15 is 0 Å². The zero-order valence-corrected chi connectivity index (χ0v) is 11.0. The van der Waals surface area contributed by atoms with Crippen molar-refractivity contribution >= 4 is 9.84 Å². The minimum absolute atomic E-state index is 0.0308. The van der Waals surface area contributed by atoms with E-state index < -0.39 is 9.84 Å². The number of hydrogen-bond donors (Lipinski definition) is 1. The van der Waals surface area contributed by atoms with Crippen molar-refractivity contribution in [2.45, 2.75) is 25.2 Å². The van der Waals surface area contributed by atoms with E-state index in [2.05, 4.69) is 0 Å². The van der Waals surface area contributed by atoms with Crippen LogP contribution in [0.25, 0.3) is 0 Å². The first-order valence-corrected chi connectivity index (χ1v) is 7.23. The van der Waals surface area contributed by atoms with Crippen molar-refractivity contribution in [3.63, 3.8) is 0 Å². The third-order valence-electron chi connectivity index (χ3n) is 2.38. The number of ether oxygens (including phenoxy) is 1. The van der Waals surface area contributed by atoms with Crippen molar-refractivity contribution < 1.29 is 18.3 Å². The molecule has 0 radical (unpaired) electrons. The molecular weight excluding hydrogens is 240 g/mol. The molecule has 0 aliphatic rings. The van der Waals surface area contributed by atoms with Gasteiger partial charge < -0.3 is 9.84 Å². The predicted octanol–water partition coefficient (Wildman–Crippen LogP) is 1.55. The Morgan fingerprint density at radius 3 is 2.59 bits per heavy atom. The van der Waals surface area contributed by atoms with Crippen LogP contribution in [-0.4, -0.2) is 32.5 Å². The highest BCUT2D eigenvalue weighted by Gasteiger charge is 2.15. The quantitative estimate of drug-likeness (QED) is 0.841. The van der Waals surface area contributed by atoms with Gasteiger partial charge in [0.15, 0.2) is 9.84 Å². The number of benzene rings is 1. The van der Waals surface area contributed by atoms with Gasteiger partial charge in [0.1, 0.15) is 5.75 Å². The third kappa shape index (κ3) is 3.71. The lowest BCUT2D eigenvalue weighted by Crippen LogP contribution is -2.08. The van der Waals surface area contributed by atoms with E-state index in [0.29, 0.717) is 12.4 Å². The fourth-order valence-electron chi connectivity index (χ4n) is 1.51. The van der Waals surface area contributed by atoms with Crippen LogP contribution in [0.4, 0.5) is 0 Å². The predicted molar refractivity (Wildman–Crippen MR) is 66.1 cm³/mol. The molecule has 96 valence electrons. The maximum atomic E-state index is 11.9. The van der Waals surface area contributed by atoms with Crippen LogP contribution in [0.2, 0.25) is 0 Å². The average molecular weight is 258 g/mol. The Hall–Kier alpha value is -1.07. The first-order chi connectivity index (χ1) is 8.01. The van der Waals surface area contributed by atoms with Gasteiger partial charge in [-0.1, -0.05) is 0 Å². The molecular formula is C12H18O4S. The van der Waals surface area contributed by atoms with E-state index in [0.717, 1.165) is 5.56 Å². The van der Waals surface area contributed by atoms with Crippen molar-refractivity contribution in [3.8, 4) is 5.75 Å². The number of aliphatic hydroxyl groups excluding tert-OH is 1. The maximum absolute atomic E-state index is 11.9. The lowest BCUT2D eigenvalue weighted by molar-refractivity contribution is 0.295. The number of rotatable bonds is 6. The minimum Gasteiger partial charge on any atom is -0.494 e. The summed E-state index contributed by atoms with van der Waals surface area (Å²) in [5, 5.41) is 8.66. The van der Waals surface area contributed by atoms with E-state index in [9.17, 15) is 8.42 Å². The van der Waals surface area contributed by atoms with E-state index in [1.165, 1.54) is 0 Å². The topological polar surface area (TPSA) is 63.6 Å². The normalized spacial score (nSPS) is 11.5. The van der Waals surface area contributed by atoms with E-state index in [1.807, 2.05) is 13.8 Å². The smallest absolute Gasteiger partial charge is 0.178 e. The van der Waals surface area contributed by atoms with Gasteiger partial charge in [-0.2, -0.15) is 0 Å². The lowest BCUT2D eigenvalue weighted by atomic mass is 10.2. The molecule has 0 aromatic heterocycles. The highest BCUT2D eigenvalue weighted by molar-refractivity contribution is 7.91. The molecule has 0 aliphatic heterocycles. The van der Waals surface area contributed by atoms with Crippen molar-refractivity contribution in [3.05, 3.63) is 23.8 Å². The molecule has 0 aliphatic carbocycles. The second-order valence-electron chi connectivity index (χ2n) is 3.76. The molecule has 1 aromatic rings. The van der Waals surface area contributed by atoms with Crippen molar-refractivity contribution in [2.24, 2.45) is 0 Å². The van der Waals surface area contributed by atoms with Gasteiger partial charge in [0.25, 0.3) is 0 Å². The van der Waals surface area contributed by atoms with Crippen LogP contribution in [0.15, 0.2) is 23.1 Å². The summed E-state index contributed by atoms with van der Waals surface area (Å²) in [6.07, 6.45) is 0.259. The fourth-order valence-corrected chi connectivity index (χ4v) is 2.88. The Kier molecular flexibility index (Phi) is 4.96. The van der Waals surface area contributed by atoms with E-state index in [4.69, 9.17) is 9.84 Å². The van der Waals surface area contributed by atoms with E-state index in [-0.39, 0.29) is 23.7 Å². The Morgan fingerprint density at radius 2 is 2.06 bits per heavy atom. The van der Waals surface area contributed by atoms with Gasteiger partial charge in [-0.05, 0) is 44.0 Å².